The van der Waals surface area contributed by atoms with E-state index < -0.39 is 10.0 Å². The van der Waals surface area contributed by atoms with Crippen LogP contribution in [0.3, 0.4) is 0 Å². The molecule has 0 atom stereocenters. The predicted molar refractivity (Wildman–Crippen MR) is 81.0 cm³/mol. The quantitative estimate of drug-likeness (QED) is 0.791. The number of carbonyl (C=O) groups is 1. The van der Waals surface area contributed by atoms with Crippen molar-refractivity contribution < 1.29 is 13.2 Å². The number of aromatic nitrogens is 1. The topological polar surface area (TPSA) is 88.2 Å². The summed E-state index contributed by atoms with van der Waals surface area (Å²) in [5, 5.41) is 4.42. The molecule has 2 aromatic rings. The van der Waals surface area contributed by atoms with Gasteiger partial charge in [-0.3, -0.25) is 4.79 Å². The summed E-state index contributed by atoms with van der Waals surface area (Å²) in [6, 6.07) is 8.80. The van der Waals surface area contributed by atoms with Gasteiger partial charge in [0.25, 0.3) is 0 Å². The van der Waals surface area contributed by atoms with Crippen molar-refractivity contribution in [2.45, 2.75) is 12.3 Å². The van der Waals surface area contributed by atoms with Crippen LogP contribution in [0.15, 0.2) is 41.2 Å². The first-order valence-electron chi connectivity index (χ1n) is 6.20. The van der Waals surface area contributed by atoms with E-state index in [9.17, 15) is 13.2 Å². The third kappa shape index (κ3) is 5.62. The van der Waals surface area contributed by atoms with Gasteiger partial charge in [-0.05, 0) is 5.56 Å². The molecule has 1 aromatic heterocycles. The molecule has 0 saturated heterocycles. The molecule has 21 heavy (non-hydrogen) atoms. The normalized spacial score (nSPS) is 11.2. The highest BCUT2D eigenvalue weighted by atomic mass is 32.2. The number of nitrogens with zero attached hydrogens (tertiary/aromatic N) is 1. The Morgan fingerprint density at radius 1 is 1.24 bits per heavy atom. The highest BCUT2D eigenvalue weighted by molar-refractivity contribution is 7.88. The lowest BCUT2D eigenvalue weighted by atomic mass is 10.2. The minimum Gasteiger partial charge on any atom is -0.349 e. The zero-order chi connectivity index (χ0) is 15.1. The van der Waals surface area contributed by atoms with E-state index in [1.165, 1.54) is 11.3 Å². The Hall–Kier alpha value is -1.77. The summed E-state index contributed by atoms with van der Waals surface area (Å²) in [7, 11) is -3.53. The lowest BCUT2D eigenvalue weighted by molar-refractivity contribution is -0.120. The fourth-order valence-corrected chi connectivity index (χ4v) is 3.24. The largest absolute Gasteiger partial charge is 0.349 e. The van der Waals surface area contributed by atoms with Crippen molar-refractivity contribution in [3.05, 3.63) is 52.5 Å². The molecular weight excluding hydrogens is 310 g/mol. The Balaban J connectivity index is 1.77. The van der Waals surface area contributed by atoms with Gasteiger partial charge in [0.1, 0.15) is 0 Å². The average Bonchev–Trinajstić information content (AvgIpc) is 2.97. The molecular formula is C13H15N3O3S2. The van der Waals surface area contributed by atoms with Gasteiger partial charge in [0, 0.05) is 5.38 Å². The first-order chi connectivity index (χ1) is 10.1. The SMILES string of the molecule is O=C(CNS(=O)(=O)Cc1ccccc1)NCc1cscn1. The van der Waals surface area contributed by atoms with Crippen molar-refractivity contribution >= 4 is 27.3 Å². The number of nitrogens with one attached hydrogen (secondary N) is 2. The summed E-state index contributed by atoms with van der Waals surface area (Å²) in [5.74, 6) is -0.535. The fourth-order valence-electron chi connectivity index (χ4n) is 1.60. The van der Waals surface area contributed by atoms with Crippen LogP contribution in [0.4, 0.5) is 0 Å². The van der Waals surface area contributed by atoms with Crippen LogP contribution in [-0.4, -0.2) is 25.9 Å². The van der Waals surface area contributed by atoms with E-state index in [1.54, 1.807) is 29.8 Å². The number of sulfonamides is 1. The first kappa shape index (κ1) is 15.6. The van der Waals surface area contributed by atoms with Crippen molar-refractivity contribution in [2.24, 2.45) is 0 Å². The first-order valence-corrected chi connectivity index (χ1v) is 8.80. The van der Waals surface area contributed by atoms with Crippen LogP contribution in [0.1, 0.15) is 11.3 Å². The molecule has 6 nitrogen and oxygen atoms in total. The highest BCUT2D eigenvalue weighted by Gasteiger charge is 2.13. The summed E-state index contributed by atoms with van der Waals surface area (Å²) in [4.78, 5) is 15.6. The van der Waals surface area contributed by atoms with Gasteiger partial charge in [0.05, 0.1) is 30.0 Å². The maximum Gasteiger partial charge on any atom is 0.235 e. The number of benzene rings is 1. The second kappa shape index (κ2) is 7.30. The van der Waals surface area contributed by atoms with Crippen molar-refractivity contribution in [1.29, 1.82) is 0 Å². The Bertz CT molecular complexity index is 670. The molecule has 1 aromatic carbocycles. The van der Waals surface area contributed by atoms with E-state index in [0.29, 0.717) is 12.1 Å². The standard InChI is InChI=1S/C13H15N3O3S2/c17-13(14-6-12-8-20-10-15-12)7-16-21(18,19)9-11-4-2-1-3-5-11/h1-5,8,10,16H,6-7,9H2,(H,14,17). The molecule has 0 bridgehead atoms. The fraction of sp³-hybridized carbons (Fsp3) is 0.231. The summed E-state index contributed by atoms with van der Waals surface area (Å²) < 4.78 is 26.0. The van der Waals surface area contributed by atoms with Gasteiger partial charge in [-0.25, -0.2) is 18.1 Å². The molecule has 112 valence electrons. The minimum absolute atomic E-state index is 0.146. The Kier molecular flexibility index (Phi) is 5.43. The second-order valence-corrected chi connectivity index (χ2v) is 6.85. The summed E-state index contributed by atoms with van der Waals surface area (Å²) in [6.45, 7) is 0.0159. The number of carbonyl (C=O) groups excluding carboxylic acids is 1. The minimum atomic E-state index is -3.53. The molecule has 2 N–H and O–H groups in total. The van der Waals surface area contributed by atoms with E-state index >= 15 is 0 Å². The Morgan fingerprint density at radius 3 is 2.67 bits per heavy atom. The van der Waals surface area contributed by atoms with Crippen molar-refractivity contribution in [3.8, 4) is 0 Å². The van der Waals surface area contributed by atoms with Gasteiger partial charge in [0.2, 0.25) is 15.9 Å². The van der Waals surface area contributed by atoms with Gasteiger partial charge in [0.15, 0.2) is 0 Å². The van der Waals surface area contributed by atoms with E-state index in [-0.39, 0.29) is 18.2 Å². The molecule has 0 unspecified atom stereocenters. The van der Waals surface area contributed by atoms with E-state index in [2.05, 4.69) is 15.0 Å². The molecule has 1 amide bonds. The average molecular weight is 325 g/mol. The number of hydrogen-bond donors (Lipinski definition) is 2. The number of hydrogen-bond acceptors (Lipinski definition) is 5. The monoisotopic (exact) mass is 325 g/mol. The van der Waals surface area contributed by atoms with Crippen molar-refractivity contribution in [3.63, 3.8) is 0 Å². The molecule has 8 heteroatoms. The highest BCUT2D eigenvalue weighted by Crippen LogP contribution is 2.03. The van der Waals surface area contributed by atoms with E-state index in [1.807, 2.05) is 11.4 Å². The molecule has 0 fully saturated rings. The second-order valence-electron chi connectivity index (χ2n) is 4.32. The maximum absolute atomic E-state index is 11.8. The molecule has 0 aliphatic carbocycles. The van der Waals surface area contributed by atoms with Crippen molar-refractivity contribution in [1.82, 2.24) is 15.0 Å². The van der Waals surface area contributed by atoms with Crippen LogP contribution in [0, 0.1) is 0 Å². The number of thiazole rings is 1. The lowest BCUT2D eigenvalue weighted by Crippen LogP contribution is -2.37. The van der Waals surface area contributed by atoms with Crippen molar-refractivity contribution in [2.75, 3.05) is 6.54 Å². The summed E-state index contributed by atoms with van der Waals surface area (Å²) in [6.07, 6.45) is 0. The third-order valence-electron chi connectivity index (χ3n) is 2.60. The van der Waals surface area contributed by atoms with Gasteiger partial charge < -0.3 is 5.32 Å². The van der Waals surface area contributed by atoms with Crippen LogP contribution < -0.4 is 10.0 Å². The summed E-state index contributed by atoms with van der Waals surface area (Å²) in [5.41, 5.74) is 3.10. The predicted octanol–water partition coefficient (Wildman–Crippen LogP) is 0.879. The Morgan fingerprint density at radius 2 is 2.00 bits per heavy atom. The van der Waals surface area contributed by atoms with Gasteiger partial charge in [-0.2, -0.15) is 0 Å². The molecule has 0 aliphatic heterocycles. The smallest absolute Gasteiger partial charge is 0.235 e. The van der Waals surface area contributed by atoms with Gasteiger partial charge >= 0.3 is 0 Å². The van der Waals surface area contributed by atoms with Crippen LogP contribution in [-0.2, 0) is 27.1 Å². The number of amides is 1. The molecule has 1 heterocycles. The molecule has 0 saturated carbocycles. The molecule has 0 aliphatic rings. The molecule has 0 radical (unpaired) electrons. The van der Waals surface area contributed by atoms with E-state index in [4.69, 9.17) is 0 Å². The van der Waals surface area contributed by atoms with Crippen LogP contribution in [0.25, 0.3) is 0 Å². The van der Waals surface area contributed by atoms with Gasteiger partial charge in [-0.1, -0.05) is 30.3 Å². The van der Waals surface area contributed by atoms with Crippen LogP contribution in [0.2, 0.25) is 0 Å². The number of rotatable bonds is 7. The van der Waals surface area contributed by atoms with Gasteiger partial charge in [-0.15, -0.1) is 11.3 Å². The molecule has 2 rings (SSSR count). The molecule has 0 spiro atoms. The lowest BCUT2D eigenvalue weighted by Gasteiger charge is -2.07. The maximum atomic E-state index is 11.8. The summed E-state index contributed by atoms with van der Waals surface area (Å²) >= 11 is 1.44. The van der Waals surface area contributed by atoms with E-state index in [0.717, 1.165) is 5.69 Å². The zero-order valence-electron chi connectivity index (χ0n) is 11.2. The third-order valence-corrected chi connectivity index (χ3v) is 4.54. The van der Waals surface area contributed by atoms with Crippen LogP contribution in [0.5, 0.6) is 0 Å². The Labute approximate surface area is 127 Å². The zero-order valence-corrected chi connectivity index (χ0v) is 12.8. The van der Waals surface area contributed by atoms with Crippen LogP contribution >= 0.6 is 11.3 Å².